The molecule has 2 fully saturated rings. The lowest BCUT2D eigenvalue weighted by molar-refractivity contribution is 0.00578. The van der Waals surface area contributed by atoms with Crippen LogP contribution in [0, 0.1) is 0 Å². The lowest BCUT2D eigenvalue weighted by Crippen LogP contribution is -2.41. The van der Waals surface area contributed by atoms with Gasteiger partial charge in [-0.15, -0.1) is 0 Å². The summed E-state index contributed by atoms with van der Waals surface area (Å²) in [5.74, 6) is 0. The zero-order valence-corrected chi connectivity index (χ0v) is 13.0. The minimum absolute atomic E-state index is 0.0681. The Bertz CT molecular complexity index is 618. The normalized spacial score (nSPS) is 25.1. The quantitative estimate of drug-likeness (QED) is 0.828. The van der Waals surface area contributed by atoms with Gasteiger partial charge in [0.05, 0.1) is 16.5 Å². The molecule has 1 saturated carbocycles. The molecule has 3 rings (SSSR count). The van der Waals surface area contributed by atoms with Gasteiger partial charge in [0, 0.05) is 11.7 Å². The number of sulfone groups is 1. The average molecular weight is 298 g/mol. The predicted octanol–water partition coefficient (Wildman–Crippen LogP) is 0.645. The lowest BCUT2D eigenvalue weighted by Gasteiger charge is -2.32. The summed E-state index contributed by atoms with van der Waals surface area (Å²) in [5, 5.41) is 6.31. The molecule has 1 N–H and O–H groups in total. The maximum Gasteiger partial charge on any atom is 0.499 e. The molecular weight excluding hydrogens is 279 g/mol. The van der Waals surface area contributed by atoms with Crippen LogP contribution in [0.2, 0.25) is 0 Å². The van der Waals surface area contributed by atoms with Crippen LogP contribution in [0.1, 0.15) is 40.5 Å². The molecule has 0 atom stereocenters. The molecule has 110 valence electrons. The minimum atomic E-state index is -3.37. The number of rotatable bonds is 3. The van der Waals surface area contributed by atoms with E-state index in [9.17, 15) is 8.42 Å². The highest BCUT2D eigenvalue weighted by Crippen LogP contribution is 2.38. The van der Waals surface area contributed by atoms with Crippen LogP contribution in [0.3, 0.4) is 0 Å². The molecule has 8 heteroatoms. The highest BCUT2D eigenvalue weighted by Gasteiger charge is 2.54. The number of aromatic nitrogens is 2. The monoisotopic (exact) mass is 298 g/mol. The van der Waals surface area contributed by atoms with Crippen LogP contribution in [0.4, 0.5) is 0 Å². The van der Waals surface area contributed by atoms with Crippen LogP contribution in [0.15, 0.2) is 11.2 Å². The van der Waals surface area contributed by atoms with E-state index in [0.29, 0.717) is 18.3 Å². The largest absolute Gasteiger partial charge is 0.499 e. The first-order valence-electron chi connectivity index (χ1n) is 6.78. The van der Waals surface area contributed by atoms with E-state index in [1.807, 2.05) is 27.7 Å². The summed E-state index contributed by atoms with van der Waals surface area (Å²) in [4.78, 5) is 0. The molecule has 0 radical (unpaired) electrons. The summed E-state index contributed by atoms with van der Waals surface area (Å²) in [6.07, 6.45) is 2.97. The van der Waals surface area contributed by atoms with Gasteiger partial charge in [0.1, 0.15) is 0 Å². The molecule has 0 amide bonds. The van der Waals surface area contributed by atoms with E-state index in [0.717, 1.165) is 0 Å². The zero-order valence-electron chi connectivity index (χ0n) is 12.1. The van der Waals surface area contributed by atoms with Gasteiger partial charge in [0.25, 0.3) is 0 Å². The zero-order chi connectivity index (χ0) is 14.8. The molecular formula is C12H19BN2O4S. The van der Waals surface area contributed by atoms with E-state index in [1.165, 1.54) is 0 Å². The third-order valence-electron chi connectivity index (χ3n) is 4.37. The summed E-state index contributed by atoms with van der Waals surface area (Å²) in [5.41, 5.74) is -0.541. The second kappa shape index (κ2) is 4.08. The summed E-state index contributed by atoms with van der Waals surface area (Å²) in [6.45, 7) is 7.73. The number of aromatic amines is 1. The van der Waals surface area contributed by atoms with Crippen molar-refractivity contribution in [2.24, 2.45) is 0 Å². The van der Waals surface area contributed by atoms with Crippen molar-refractivity contribution in [3.63, 3.8) is 0 Å². The second-order valence-electron chi connectivity index (χ2n) is 6.48. The Hall–Kier alpha value is -0.855. The summed E-state index contributed by atoms with van der Waals surface area (Å²) in [6, 6.07) is 0. The molecule has 1 aliphatic carbocycles. The molecule has 0 spiro atoms. The van der Waals surface area contributed by atoms with Crippen LogP contribution in [0.25, 0.3) is 0 Å². The predicted molar refractivity (Wildman–Crippen MR) is 74.5 cm³/mol. The lowest BCUT2D eigenvalue weighted by atomic mass is 9.82. The second-order valence-corrected chi connectivity index (χ2v) is 8.62. The Kier molecular flexibility index (Phi) is 2.88. The molecule has 1 aliphatic heterocycles. The molecule has 1 aromatic heterocycles. The number of nitrogens with one attached hydrogen (secondary N) is 1. The first kappa shape index (κ1) is 14.1. The van der Waals surface area contributed by atoms with Gasteiger partial charge in [-0.2, -0.15) is 5.10 Å². The third kappa shape index (κ3) is 2.01. The Morgan fingerprint density at radius 2 is 1.80 bits per heavy atom. The van der Waals surface area contributed by atoms with Crippen molar-refractivity contribution in [3.05, 3.63) is 6.20 Å². The fourth-order valence-electron chi connectivity index (χ4n) is 2.19. The molecule has 2 heterocycles. The number of H-pyrrole nitrogens is 1. The van der Waals surface area contributed by atoms with E-state index in [-0.39, 0.29) is 10.3 Å². The van der Waals surface area contributed by atoms with Crippen molar-refractivity contribution < 1.29 is 17.7 Å². The number of nitrogens with zero attached hydrogens (tertiary/aromatic N) is 1. The van der Waals surface area contributed by atoms with Gasteiger partial charge in [-0.1, -0.05) is 0 Å². The van der Waals surface area contributed by atoms with Crippen molar-refractivity contribution >= 4 is 22.4 Å². The average Bonchev–Trinajstić information content (AvgIpc) is 3.00. The van der Waals surface area contributed by atoms with E-state index < -0.39 is 28.2 Å². The maximum atomic E-state index is 12.4. The Labute approximate surface area is 119 Å². The van der Waals surface area contributed by atoms with Gasteiger partial charge in [-0.3, -0.25) is 5.10 Å². The highest BCUT2D eigenvalue weighted by molar-refractivity contribution is 7.92. The molecule has 0 aromatic carbocycles. The molecule has 0 bridgehead atoms. The van der Waals surface area contributed by atoms with Crippen molar-refractivity contribution in [1.29, 1.82) is 0 Å². The topological polar surface area (TPSA) is 81.3 Å². The molecule has 1 aromatic rings. The van der Waals surface area contributed by atoms with Gasteiger partial charge in [0.15, 0.2) is 14.9 Å². The van der Waals surface area contributed by atoms with E-state index >= 15 is 0 Å². The molecule has 20 heavy (non-hydrogen) atoms. The SMILES string of the molecule is CC1(C)OB(c2c[nH]nc2S(=O)(=O)C2CC2)OC1(C)C. The van der Waals surface area contributed by atoms with Gasteiger partial charge in [-0.25, -0.2) is 8.42 Å². The van der Waals surface area contributed by atoms with Gasteiger partial charge in [0.2, 0.25) is 0 Å². The molecule has 2 aliphatic rings. The fourth-order valence-corrected chi connectivity index (χ4v) is 3.93. The van der Waals surface area contributed by atoms with Crippen LogP contribution in [-0.2, 0) is 19.1 Å². The number of hydrogen-bond donors (Lipinski definition) is 1. The van der Waals surface area contributed by atoms with E-state index in [1.54, 1.807) is 6.20 Å². The first-order chi connectivity index (χ1) is 9.15. The van der Waals surface area contributed by atoms with Crippen LogP contribution in [0.5, 0.6) is 0 Å². The number of hydrogen-bond acceptors (Lipinski definition) is 5. The first-order valence-corrected chi connectivity index (χ1v) is 8.33. The van der Waals surface area contributed by atoms with Gasteiger partial charge >= 0.3 is 7.12 Å². The fraction of sp³-hybridized carbons (Fsp3) is 0.750. The maximum absolute atomic E-state index is 12.4. The summed E-state index contributed by atoms with van der Waals surface area (Å²) in [7, 11) is -4.07. The molecule has 1 saturated heterocycles. The summed E-state index contributed by atoms with van der Waals surface area (Å²) >= 11 is 0. The Balaban J connectivity index is 1.96. The molecule has 6 nitrogen and oxygen atoms in total. The van der Waals surface area contributed by atoms with Crippen molar-refractivity contribution in [2.45, 2.75) is 62.0 Å². The van der Waals surface area contributed by atoms with Gasteiger partial charge in [-0.05, 0) is 40.5 Å². The van der Waals surface area contributed by atoms with Gasteiger partial charge < -0.3 is 9.31 Å². The van der Waals surface area contributed by atoms with E-state index in [4.69, 9.17) is 9.31 Å². The summed E-state index contributed by atoms with van der Waals surface area (Å²) < 4.78 is 36.5. The Morgan fingerprint density at radius 3 is 2.30 bits per heavy atom. The molecule has 0 unspecified atom stereocenters. The van der Waals surface area contributed by atoms with Crippen molar-refractivity contribution in [3.8, 4) is 0 Å². The Morgan fingerprint density at radius 1 is 1.25 bits per heavy atom. The van der Waals surface area contributed by atoms with Crippen LogP contribution < -0.4 is 5.46 Å². The van der Waals surface area contributed by atoms with Crippen molar-refractivity contribution in [2.75, 3.05) is 0 Å². The van der Waals surface area contributed by atoms with E-state index in [2.05, 4.69) is 10.2 Å². The highest BCUT2D eigenvalue weighted by atomic mass is 32.2. The van der Waals surface area contributed by atoms with Crippen LogP contribution in [-0.4, -0.2) is 42.2 Å². The van der Waals surface area contributed by atoms with Crippen molar-refractivity contribution in [1.82, 2.24) is 10.2 Å². The standard InChI is InChI=1S/C12H19BN2O4S/c1-11(2)12(3,4)19-13(18-11)9-7-14-15-10(9)20(16,17)8-5-6-8/h7-8H,5-6H2,1-4H3,(H,14,15). The smallest absolute Gasteiger partial charge is 0.399 e. The third-order valence-corrected chi connectivity index (χ3v) is 6.59. The van der Waals surface area contributed by atoms with Crippen LogP contribution >= 0.6 is 0 Å². The minimum Gasteiger partial charge on any atom is -0.399 e.